The second-order valence-corrected chi connectivity index (χ2v) is 7.25. The molecule has 0 N–H and O–H groups in total. The molecule has 2 unspecified atom stereocenters. The minimum Gasteiger partial charge on any atom is -0.353 e. The summed E-state index contributed by atoms with van der Waals surface area (Å²) in [6, 6.07) is 11.6. The van der Waals surface area contributed by atoms with Crippen molar-refractivity contribution in [3.8, 4) is 0 Å². The highest BCUT2D eigenvalue weighted by molar-refractivity contribution is 5.43. The van der Waals surface area contributed by atoms with Gasteiger partial charge in [-0.15, -0.1) is 0 Å². The van der Waals surface area contributed by atoms with E-state index < -0.39 is 0 Å². The maximum Gasteiger partial charge on any atom is 0.133 e. The van der Waals surface area contributed by atoms with Gasteiger partial charge in [-0.05, 0) is 44.7 Å². The Hall–Kier alpha value is -1.90. The first-order valence-corrected chi connectivity index (χ1v) is 8.87. The minimum absolute atomic E-state index is 0.533. The average Bonchev–Trinajstić information content (AvgIpc) is 2.88. The Bertz CT molecular complexity index is 676. The van der Waals surface area contributed by atoms with Crippen molar-refractivity contribution in [3.63, 3.8) is 0 Å². The molecule has 1 saturated carbocycles. The van der Waals surface area contributed by atoms with Gasteiger partial charge in [0.1, 0.15) is 11.6 Å². The molecule has 3 nitrogen and oxygen atoms in total. The number of aryl methyl sites for hydroxylation is 1. The Balaban J connectivity index is 1.54. The van der Waals surface area contributed by atoms with E-state index in [1.807, 2.05) is 6.20 Å². The van der Waals surface area contributed by atoms with Crippen molar-refractivity contribution in [2.75, 3.05) is 11.4 Å². The summed E-state index contributed by atoms with van der Waals surface area (Å²) >= 11 is 0. The van der Waals surface area contributed by atoms with E-state index in [0.717, 1.165) is 18.2 Å². The van der Waals surface area contributed by atoms with Gasteiger partial charge in [0.2, 0.25) is 0 Å². The zero-order chi connectivity index (χ0) is 15.8. The topological polar surface area (TPSA) is 29.0 Å². The van der Waals surface area contributed by atoms with E-state index in [1.54, 1.807) is 0 Å². The van der Waals surface area contributed by atoms with Gasteiger partial charge in [0, 0.05) is 30.6 Å². The molecule has 2 fully saturated rings. The Labute approximate surface area is 138 Å². The summed E-state index contributed by atoms with van der Waals surface area (Å²) < 4.78 is 0. The number of benzene rings is 1. The van der Waals surface area contributed by atoms with E-state index in [9.17, 15) is 0 Å². The fourth-order valence-corrected chi connectivity index (χ4v) is 3.82. The molecular formula is C20H25N3. The van der Waals surface area contributed by atoms with E-state index >= 15 is 0 Å². The van der Waals surface area contributed by atoms with Crippen LogP contribution in [0.4, 0.5) is 5.82 Å². The van der Waals surface area contributed by atoms with E-state index in [0.29, 0.717) is 17.9 Å². The number of hydrogen-bond donors (Lipinski definition) is 0. The van der Waals surface area contributed by atoms with Crippen LogP contribution in [0.15, 0.2) is 36.5 Å². The number of anilines is 1. The standard InChI is InChI=1S/C20H25N3/c1-14-6-8-16(9-7-14)18-12-15(2)23(13-18)19-10-11-21-20(22-19)17-4-3-5-17/h6-11,15,17-18H,3-5,12-13H2,1-2H3. The van der Waals surface area contributed by atoms with Gasteiger partial charge in [0.15, 0.2) is 0 Å². The largest absolute Gasteiger partial charge is 0.353 e. The van der Waals surface area contributed by atoms with Gasteiger partial charge in [0.05, 0.1) is 0 Å². The molecule has 4 rings (SSSR count). The van der Waals surface area contributed by atoms with Gasteiger partial charge in [-0.2, -0.15) is 0 Å². The normalized spacial score (nSPS) is 24.7. The highest BCUT2D eigenvalue weighted by Gasteiger charge is 2.31. The molecule has 2 heterocycles. The molecule has 0 radical (unpaired) electrons. The zero-order valence-corrected chi connectivity index (χ0v) is 14.1. The molecule has 2 aliphatic rings. The van der Waals surface area contributed by atoms with E-state index in [1.165, 1.54) is 36.8 Å². The van der Waals surface area contributed by atoms with Crippen LogP contribution in [0.3, 0.4) is 0 Å². The predicted molar refractivity (Wildman–Crippen MR) is 94.0 cm³/mol. The van der Waals surface area contributed by atoms with Crippen LogP contribution >= 0.6 is 0 Å². The summed E-state index contributed by atoms with van der Waals surface area (Å²) in [6.45, 7) is 5.53. The Morgan fingerprint density at radius 1 is 1.04 bits per heavy atom. The average molecular weight is 307 g/mol. The molecule has 1 aliphatic heterocycles. The molecule has 1 aliphatic carbocycles. The van der Waals surface area contributed by atoms with Crippen molar-refractivity contribution in [2.24, 2.45) is 0 Å². The molecule has 0 amide bonds. The third-order valence-electron chi connectivity index (χ3n) is 5.55. The van der Waals surface area contributed by atoms with Crippen molar-refractivity contribution < 1.29 is 0 Å². The third-order valence-corrected chi connectivity index (χ3v) is 5.55. The van der Waals surface area contributed by atoms with Crippen LogP contribution in [-0.4, -0.2) is 22.6 Å². The molecular weight excluding hydrogens is 282 g/mol. The molecule has 2 atom stereocenters. The van der Waals surface area contributed by atoms with E-state index in [2.05, 4.69) is 54.1 Å². The van der Waals surface area contributed by atoms with E-state index in [4.69, 9.17) is 4.98 Å². The maximum absolute atomic E-state index is 4.88. The Kier molecular flexibility index (Phi) is 3.80. The van der Waals surface area contributed by atoms with Gasteiger partial charge >= 0.3 is 0 Å². The number of nitrogens with zero attached hydrogens (tertiary/aromatic N) is 3. The lowest BCUT2D eigenvalue weighted by molar-refractivity contribution is 0.401. The lowest BCUT2D eigenvalue weighted by Gasteiger charge is -2.27. The van der Waals surface area contributed by atoms with Crippen LogP contribution in [0.1, 0.15) is 61.4 Å². The van der Waals surface area contributed by atoms with Crippen LogP contribution in [-0.2, 0) is 0 Å². The zero-order valence-electron chi connectivity index (χ0n) is 14.1. The molecule has 0 bridgehead atoms. The molecule has 1 saturated heterocycles. The lowest BCUT2D eigenvalue weighted by atomic mass is 9.85. The molecule has 23 heavy (non-hydrogen) atoms. The summed E-state index contributed by atoms with van der Waals surface area (Å²) in [5.41, 5.74) is 2.79. The Morgan fingerprint density at radius 2 is 1.83 bits per heavy atom. The van der Waals surface area contributed by atoms with E-state index in [-0.39, 0.29) is 0 Å². The quantitative estimate of drug-likeness (QED) is 0.839. The highest BCUT2D eigenvalue weighted by Crippen LogP contribution is 2.37. The van der Waals surface area contributed by atoms with Crippen LogP contribution in [0.2, 0.25) is 0 Å². The summed E-state index contributed by atoms with van der Waals surface area (Å²) in [7, 11) is 0. The molecule has 1 aromatic carbocycles. The van der Waals surface area contributed by atoms with Gasteiger partial charge < -0.3 is 4.90 Å². The SMILES string of the molecule is Cc1ccc(C2CC(C)N(c3ccnc(C4CCC4)n3)C2)cc1. The van der Waals surface area contributed by atoms with Crippen molar-refractivity contribution in [3.05, 3.63) is 53.5 Å². The summed E-state index contributed by atoms with van der Waals surface area (Å²) in [5.74, 6) is 3.37. The van der Waals surface area contributed by atoms with Crippen LogP contribution < -0.4 is 4.90 Å². The van der Waals surface area contributed by atoms with Crippen LogP contribution in [0.5, 0.6) is 0 Å². The fraction of sp³-hybridized carbons (Fsp3) is 0.500. The van der Waals surface area contributed by atoms with Crippen molar-refractivity contribution >= 4 is 5.82 Å². The van der Waals surface area contributed by atoms with Gasteiger partial charge in [-0.25, -0.2) is 9.97 Å². The molecule has 0 spiro atoms. The first-order valence-electron chi connectivity index (χ1n) is 8.87. The minimum atomic E-state index is 0.533. The van der Waals surface area contributed by atoms with Crippen LogP contribution in [0, 0.1) is 6.92 Å². The van der Waals surface area contributed by atoms with Crippen molar-refractivity contribution in [1.29, 1.82) is 0 Å². The first kappa shape index (κ1) is 14.7. The van der Waals surface area contributed by atoms with Gasteiger partial charge in [-0.3, -0.25) is 0 Å². The lowest BCUT2D eigenvalue weighted by Crippen LogP contribution is -2.28. The second kappa shape index (κ2) is 5.95. The predicted octanol–water partition coefficient (Wildman–Crippen LogP) is 4.43. The summed E-state index contributed by atoms with van der Waals surface area (Å²) in [4.78, 5) is 11.9. The summed E-state index contributed by atoms with van der Waals surface area (Å²) in [5, 5.41) is 0. The number of hydrogen-bond acceptors (Lipinski definition) is 3. The van der Waals surface area contributed by atoms with Gasteiger partial charge in [-0.1, -0.05) is 36.2 Å². The van der Waals surface area contributed by atoms with Crippen molar-refractivity contribution in [1.82, 2.24) is 9.97 Å². The summed E-state index contributed by atoms with van der Waals surface area (Å²) in [6.07, 6.45) is 6.98. The Morgan fingerprint density at radius 3 is 2.52 bits per heavy atom. The second-order valence-electron chi connectivity index (χ2n) is 7.25. The molecule has 2 aromatic rings. The maximum atomic E-state index is 4.88. The monoisotopic (exact) mass is 307 g/mol. The molecule has 1 aromatic heterocycles. The molecule has 3 heteroatoms. The van der Waals surface area contributed by atoms with Crippen molar-refractivity contribution in [2.45, 2.75) is 57.4 Å². The smallest absolute Gasteiger partial charge is 0.133 e. The van der Waals surface area contributed by atoms with Crippen LogP contribution in [0.25, 0.3) is 0 Å². The third kappa shape index (κ3) is 2.85. The highest BCUT2D eigenvalue weighted by atomic mass is 15.2. The van der Waals surface area contributed by atoms with Gasteiger partial charge in [0.25, 0.3) is 0 Å². The number of aromatic nitrogens is 2. The molecule has 120 valence electrons. The first-order chi connectivity index (χ1) is 11.2. The number of rotatable bonds is 3. The fourth-order valence-electron chi connectivity index (χ4n) is 3.82.